The van der Waals surface area contributed by atoms with Crippen molar-refractivity contribution < 1.29 is 0 Å². The maximum atomic E-state index is 3.84. The van der Waals surface area contributed by atoms with Gasteiger partial charge < -0.3 is 15.5 Å². The molecule has 3 rings (SSSR count). The van der Waals surface area contributed by atoms with Crippen LogP contribution in [0.5, 0.6) is 0 Å². The zero-order chi connectivity index (χ0) is 11.5. The molecule has 0 amide bonds. The first-order chi connectivity index (χ1) is 8.42. The number of nitrogens with zero attached hydrogens (tertiary/aromatic N) is 1. The van der Waals surface area contributed by atoms with Gasteiger partial charge in [-0.15, -0.1) is 0 Å². The van der Waals surface area contributed by atoms with E-state index in [1.165, 1.54) is 71.2 Å². The highest BCUT2D eigenvalue weighted by Gasteiger charge is 2.31. The molecule has 3 nitrogen and oxygen atoms in total. The Morgan fingerprint density at radius 2 is 2.12 bits per heavy atom. The van der Waals surface area contributed by atoms with Gasteiger partial charge in [0.2, 0.25) is 0 Å². The molecule has 0 radical (unpaired) electrons. The van der Waals surface area contributed by atoms with Crippen LogP contribution < -0.4 is 10.6 Å². The van der Waals surface area contributed by atoms with Crippen LogP contribution in [0.4, 0.5) is 0 Å². The topological polar surface area (TPSA) is 27.3 Å². The standard InChI is InChI=1S/C14H27N3/c1-3-12(10-15-6-1)11-16-13-5-8-17-7-2-4-14(17)9-13/h12-16H,1-11H2. The van der Waals surface area contributed by atoms with Crippen molar-refractivity contribution in [3.63, 3.8) is 0 Å². The Labute approximate surface area is 105 Å². The van der Waals surface area contributed by atoms with E-state index in [0.29, 0.717) is 0 Å². The van der Waals surface area contributed by atoms with Crippen LogP contribution in [0.3, 0.4) is 0 Å². The van der Waals surface area contributed by atoms with E-state index in [0.717, 1.165) is 18.0 Å². The Bertz CT molecular complexity index is 238. The summed E-state index contributed by atoms with van der Waals surface area (Å²) in [6.45, 7) is 6.41. The van der Waals surface area contributed by atoms with Crippen LogP contribution in [0.15, 0.2) is 0 Å². The molecule has 0 bridgehead atoms. The fourth-order valence-electron chi connectivity index (χ4n) is 3.84. The lowest BCUT2D eigenvalue weighted by molar-refractivity contribution is 0.163. The number of hydrogen-bond donors (Lipinski definition) is 2. The number of fused-ring (bicyclic) bond motifs is 1. The van der Waals surface area contributed by atoms with Gasteiger partial charge in [0.1, 0.15) is 0 Å². The molecule has 0 spiro atoms. The molecule has 0 aromatic rings. The lowest BCUT2D eigenvalue weighted by Crippen LogP contribution is -2.47. The highest BCUT2D eigenvalue weighted by molar-refractivity contribution is 4.89. The van der Waals surface area contributed by atoms with E-state index < -0.39 is 0 Å². The summed E-state index contributed by atoms with van der Waals surface area (Å²) in [7, 11) is 0. The summed E-state index contributed by atoms with van der Waals surface area (Å²) < 4.78 is 0. The first kappa shape index (κ1) is 11.9. The predicted octanol–water partition coefficient (Wildman–Crippen LogP) is 1.20. The third-order valence-corrected chi connectivity index (χ3v) is 4.91. The third kappa shape index (κ3) is 3.01. The van der Waals surface area contributed by atoms with Crippen molar-refractivity contribution in [2.45, 2.75) is 50.6 Å². The Kier molecular flexibility index (Phi) is 3.99. The van der Waals surface area contributed by atoms with E-state index in [2.05, 4.69) is 15.5 Å². The summed E-state index contributed by atoms with van der Waals surface area (Å²) in [5.74, 6) is 0.880. The lowest BCUT2D eigenvalue weighted by Gasteiger charge is -2.36. The van der Waals surface area contributed by atoms with Crippen LogP contribution in [-0.4, -0.2) is 49.7 Å². The van der Waals surface area contributed by atoms with Crippen molar-refractivity contribution in [3.05, 3.63) is 0 Å². The van der Waals surface area contributed by atoms with Crippen LogP contribution in [0, 0.1) is 5.92 Å². The molecular weight excluding hydrogens is 210 g/mol. The maximum absolute atomic E-state index is 3.84. The van der Waals surface area contributed by atoms with E-state index in [9.17, 15) is 0 Å². The van der Waals surface area contributed by atoms with Gasteiger partial charge in [0, 0.05) is 12.1 Å². The SMILES string of the molecule is C1CNCC(CNC2CCN3CCCC3C2)C1. The minimum Gasteiger partial charge on any atom is -0.316 e. The largest absolute Gasteiger partial charge is 0.316 e. The van der Waals surface area contributed by atoms with Crippen molar-refractivity contribution in [2.24, 2.45) is 5.92 Å². The van der Waals surface area contributed by atoms with Crippen molar-refractivity contribution in [3.8, 4) is 0 Å². The minimum absolute atomic E-state index is 0.802. The Hall–Kier alpha value is -0.120. The van der Waals surface area contributed by atoms with Gasteiger partial charge in [0.15, 0.2) is 0 Å². The van der Waals surface area contributed by atoms with Crippen molar-refractivity contribution in [1.29, 1.82) is 0 Å². The van der Waals surface area contributed by atoms with E-state index in [1.807, 2.05) is 0 Å². The predicted molar refractivity (Wildman–Crippen MR) is 71.2 cm³/mol. The average Bonchev–Trinajstić information content (AvgIpc) is 2.85. The lowest BCUT2D eigenvalue weighted by atomic mass is 9.95. The Morgan fingerprint density at radius 1 is 1.12 bits per heavy atom. The second kappa shape index (κ2) is 5.68. The van der Waals surface area contributed by atoms with Gasteiger partial charge in [-0.1, -0.05) is 0 Å². The molecule has 3 aliphatic heterocycles. The normalized spacial score (nSPS) is 39.2. The fourth-order valence-corrected chi connectivity index (χ4v) is 3.84. The molecule has 0 aromatic heterocycles. The van der Waals surface area contributed by atoms with Crippen LogP contribution in [-0.2, 0) is 0 Å². The van der Waals surface area contributed by atoms with Gasteiger partial charge in [-0.05, 0) is 77.2 Å². The zero-order valence-electron chi connectivity index (χ0n) is 11.0. The molecule has 3 heteroatoms. The van der Waals surface area contributed by atoms with Crippen LogP contribution in [0.1, 0.15) is 38.5 Å². The van der Waals surface area contributed by atoms with Crippen molar-refractivity contribution in [1.82, 2.24) is 15.5 Å². The Morgan fingerprint density at radius 3 is 3.00 bits per heavy atom. The van der Waals surface area contributed by atoms with Crippen LogP contribution in [0.25, 0.3) is 0 Å². The number of rotatable bonds is 3. The van der Waals surface area contributed by atoms with Gasteiger partial charge in [-0.3, -0.25) is 0 Å². The highest BCUT2D eigenvalue weighted by atomic mass is 15.2. The summed E-state index contributed by atoms with van der Waals surface area (Å²) in [6.07, 6.45) is 8.44. The monoisotopic (exact) mass is 237 g/mol. The molecule has 3 aliphatic rings. The first-order valence-electron chi connectivity index (χ1n) is 7.60. The molecule has 3 unspecified atom stereocenters. The average molecular weight is 237 g/mol. The van der Waals surface area contributed by atoms with Crippen LogP contribution in [0.2, 0.25) is 0 Å². The van der Waals surface area contributed by atoms with Gasteiger partial charge in [0.25, 0.3) is 0 Å². The minimum atomic E-state index is 0.802. The van der Waals surface area contributed by atoms with Gasteiger partial charge >= 0.3 is 0 Å². The van der Waals surface area contributed by atoms with E-state index in [1.54, 1.807) is 0 Å². The smallest absolute Gasteiger partial charge is 0.0111 e. The van der Waals surface area contributed by atoms with Gasteiger partial charge in [-0.2, -0.15) is 0 Å². The summed E-state index contributed by atoms with van der Waals surface area (Å²) in [4.78, 5) is 2.71. The van der Waals surface area contributed by atoms with E-state index in [-0.39, 0.29) is 0 Å². The summed E-state index contributed by atoms with van der Waals surface area (Å²) in [6, 6.07) is 1.71. The number of hydrogen-bond acceptors (Lipinski definition) is 3. The molecule has 3 heterocycles. The quantitative estimate of drug-likeness (QED) is 0.772. The molecule has 0 aliphatic carbocycles. The fraction of sp³-hybridized carbons (Fsp3) is 1.00. The second-order valence-electron chi connectivity index (χ2n) is 6.17. The highest BCUT2D eigenvalue weighted by Crippen LogP contribution is 2.26. The number of nitrogens with one attached hydrogen (secondary N) is 2. The molecule has 0 saturated carbocycles. The molecule has 2 N–H and O–H groups in total. The molecule has 0 aromatic carbocycles. The van der Waals surface area contributed by atoms with E-state index in [4.69, 9.17) is 0 Å². The molecule has 98 valence electrons. The third-order valence-electron chi connectivity index (χ3n) is 4.91. The van der Waals surface area contributed by atoms with Crippen molar-refractivity contribution in [2.75, 3.05) is 32.7 Å². The van der Waals surface area contributed by atoms with Crippen LogP contribution >= 0.6 is 0 Å². The van der Waals surface area contributed by atoms with Gasteiger partial charge in [-0.25, -0.2) is 0 Å². The molecule has 3 saturated heterocycles. The molecule has 3 atom stereocenters. The first-order valence-corrected chi connectivity index (χ1v) is 7.60. The summed E-state index contributed by atoms with van der Waals surface area (Å²) >= 11 is 0. The number of piperidine rings is 2. The zero-order valence-corrected chi connectivity index (χ0v) is 11.0. The molecule has 17 heavy (non-hydrogen) atoms. The maximum Gasteiger partial charge on any atom is 0.0111 e. The summed E-state index contributed by atoms with van der Waals surface area (Å²) in [5, 5.41) is 7.35. The molecular formula is C14H27N3. The van der Waals surface area contributed by atoms with Gasteiger partial charge in [0.05, 0.1) is 0 Å². The second-order valence-corrected chi connectivity index (χ2v) is 6.17. The molecule has 3 fully saturated rings. The summed E-state index contributed by atoms with van der Waals surface area (Å²) in [5.41, 5.74) is 0. The van der Waals surface area contributed by atoms with Crippen molar-refractivity contribution >= 4 is 0 Å². The van der Waals surface area contributed by atoms with E-state index >= 15 is 0 Å². The Balaban J connectivity index is 1.40.